The molecular formula is C14H18O4. The SMILES string of the molecule is CCC(CC)C(=O)OCc1ccc2c(c1)OCO2. The van der Waals surface area contributed by atoms with Gasteiger partial charge in [0.15, 0.2) is 11.5 Å². The van der Waals surface area contributed by atoms with Crippen molar-refractivity contribution in [2.24, 2.45) is 5.92 Å². The van der Waals surface area contributed by atoms with Crippen LogP contribution >= 0.6 is 0 Å². The number of fused-ring (bicyclic) bond motifs is 1. The molecule has 4 nitrogen and oxygen atoms in total. The molecule has 2 rings (SSSR count). The fourth-order valence-corrected chi connectivity index (χ4v) is 1.93. The van der Waals surface area contributed by atoms with Gasteiger partial charge >= 0.3 is 5.97 Å². The Bertz CT molecular complexity index is 424. The fraction of sp³-hybridized carbons (Fsp3) is 0.500. The summed E-state index contributed by atoms with van der Waals surface area (Å²) in [6, 6.07) is 5.57. The Morgan fingerprint density at radius 3 is 2.72 bits per heavy atom. The van der Waals surface area contributed by atoms with Gasteiger partial charge in [0.1, 0.15) is 6.61 Å². The Kier molecular flexibility index (Phi) is 4.07. The van der Waals surface area contributed by atoms with E-state index in [0.717, 1.165) is 24.2 Å². The molecule has 0 saturated heterocycles. The lowest BCUT2D eigenvalue weighted by atomic mass is 10.0. The molecule has 0 N–H and O–H groups in total. The van der Waals surface area contributed by atoms with Crippen LogP contribution in [0.3, 0.4) is 0 Å². The number of esters is 1. The zero-order valence-corrected chi connectivity index (χ0v) is 10.8. The number of rotatable bonds is 5. The largest absolute Gasteiger partial charge is 0.461 e. The lowest BCUT2D eigenvalue weighted by Crippen LogP contribution is -2.16. The Hall–Kier alpha value is -1.71. The Morgan fingerprint density at radius 2 is 2.00 bits per heavy atom. The van der Waals surface area contributed by atoms with Gasteiger partial charge in [-0.3, -0.25) is 4.79 Å². The zero-order valence-electron chi connectivity index (χ0n) is 10.8. The summed E-state index contributed by atoms with van der Waals surface area (Å²) >= 11 is 0. The van der Waals surface area contributed by atoms with Crippen LogP contribution in [0.4, 0.5) is 0 Å². The minimum absolute atomic E-state index is 0.000916. The molecule has 1 heterocycles. The molecule has 1 aromatic carbocycles. The van der Waals surface area contributed by atoms with Gasteiger partial charge in [0, 0.05) is 0 Å². The van der Waals surface area contributed by atoms with Gasteiger partial charge in [-0.15, -0.1) is 0 Å². The minimum atomic E-state index is -0.127. The van der Waals surface area contributed by atoms with E-state index in [4.69, 9.17) is 14.2 Å². The molecule has 0 atom stereocenters. The van der Waals surface area contributed by atoms with Crippen molar-refractivity contribution in [2.45, 2.75) is 33.3 Å². The fourth-order valence-electron chi connectivity index (χ4n) is 1.93. The first kappa shape index (κ1) is 12.7. The van der Waals surface area contributed by atoms with Crippen molar-refractivity contribution in [3.05, 3.63) is 23.8 Å². The van der Waals surface area contributed by atoms with Gasteiger partial charge in [-0.05, 0) is 30.5 Å². The third-order valence-corrected chi connectivity index (χ3v) is 3.14. The summed E-state index contributed by atoms with van der Waals surface area (Å²) < 4.78 is 15.8. The van der Waals surface area contributed by atoms with Crippen LogP contribution in [-0.4, -0.2) is 12.8 Å². The van der Waals surface area contributed by atoms with Crippen LogP contribution < -0.4 is 9.47 Å². The van der Waals surface area contributed by atoms with Gasteiger partial charge in [-0.2, -0.15) is 0 Å². The summed E-state index contributed by atoms with van der Waals surface area (Å²) in [6.07, 6.45) is 1.63. The minimum Gasteiger partial charge on any atom is -0.461 e. The number of ether oxygens (including phenoxy) is 3. The van der Waals surface area contributed by atoms with E-state index in [2.05, 4.69) is 0 Å². The molecule has 1 aliphatic heterocycles. The van der Waals surface area contributed by atoms with Gasteiger partial charge in [-0.1, -0.05) is 19.9 Å². The molecule has 0 aromatic heterocycles. The normalized spacial score (nSPS) is 12.8. The molecule has 0 aliphatic carbocycles. The van der Waals surface area contributed by atoms with Gasteiger partial charge in [0.25, 0.3) is 0 Å². The lowest BCUT2D eigenvalue weighted by molar-refractivity contribution is -0.150. The second-order valence-electron chi connectivity index (χ2n) is 4.31. The molecule has 1 aliphatic rings. The van der Waals surface area contributed by atoms with E-state index in [1.54, 1.807) is 0 Å². The van der Waals surface area contributed by atoms with Crippen LogP contribution in [0.25, 0.3) is 0 Å². The van der Waals surface area contributed by atoms with Crippen molar-refractivity contribution in [2.75, 3.05) is 6.79 Å². The molecule has 4 heteroatoms. The van der Waals surface area contributed by atoms with Gasteiger partial charge in [0.2, 0.25) is 6.79 Å². The average Bonchev–Trinajstić information content (AvgIpc) is 2.85. The summed E-state index contributed by atoms with van der Waals surface area (Å²) in [4.78, 5) is 11.7. The summed E-state index contributed by atoms with van der Waals surface area (Å²) in [5.74, 6) is 1.33. The molecule has 0 unspecified atom stereocenters. The molecular weight excluding hydrogens is 232 g/mol. The van der Waals surface area contributed by atoms with E-state index in [9.17, 15) is 4.79 Å². The standard InChI is InChI=1S/C14H18O4/c1-3-11(4-2)14(15)16-8-10-5-6-12-13(7-10)18-9-17-12/h5-7,11H,3-4,8-9H2,1-2H3. The Labute approximate surface area is 107 Å². The van der Waals surface area contributed by atoms with Crippen molar-refractivity contribution in [1.29, 1.82) is 0 Å². The Morgan fingerprint density at radius 1 is 1.28 bits per heavy atom. The molecule has 0 spiro atoms. The van der Waals surface area contributed by atoms with Crippen LogP contribution in [0.15, 0.2) is 18.2 Å². The molecule has 18 heavy (non-hydrogen) atoms. The van der Waals surface area contributed by atoms with Crippen molar-refractivity contribution in [1.82, 2.24) is 0 Å². The maximum atomic E-state index is 11.7. The highest BCUT2D eigenvalue weighted by Crippen LogP contribution is 2.32. The third kappa shape index (κ3) is 2.75. The third-order valence-electron chi connectivity index (χ3n) is 3.14. The maximum absolute atomic E-state index is 11.7. The molecule has 1 aromatic rings. The number of hydrogen-bond donors (Lipinski definition) is 0. The predicted molar refractivity (Wildman–Crippen MR) is 66.4 cm³/mol. The predicted octanol–water partition coefficient (Wildman–Crippen LogP) is 2.89. The van der Waals surface area contributed by atoms with E-state index in [-0.39, 0.29) is 25.3 Å². The molecule has 98 valence electrons. The summed E-state index contributed by atoms with van der Waals surface area (Å²) in [5, 5.41) is 0. The van der Waals surface area contributed by atoms with Gasteiger partial charge in [0.05, 0.1) is 5.92 Å². The number of carbonyl (C=O) groups is 1. The van der Waals surface area contributed by atoms with Crippen molar-refractivity contribution in [3.63, 3.8) is 0 Å². The molecule has 0 saturated carbocycles. The summed E-state index contributed by atoms with van der Waals surface area (Å²) in [7, 11) is 0. The quantitative estimate of drug-likeness (QED) is 0.754. The van der Waals surface area contributed by atoms with Crippen molar-refractivity contribution in [3.8, 4) is 11.5 Å². The van der Waals surface area contributed by atoms with E-state index < -0.39 is 0 Å². The van der Waals surface area contributed by atoms with Gasteiger partial charge < -0.3 is 14.2 Å². The van der Waals surface area contributed by atoms with Crippen LogP contribution in [0.1, 0.15) is 32.3 Å². The first-order chi connectivity index (χ1) is 8.74. The molecule has 0 fully saturated rings. The van der Waals surface area contributed by atoms with Crippen molar-refractivity contribution < 1.29 is 19.0 Å². The lowest BCUT2D eigenvalue weighted by Gasteiger charge is -2.12. The average molecular weight is 250 g/mol. The Balaban J connectivity index is 1.92. The topological polar surface area (TPSA) is 44.8 Å². The highest BCUT2D eigenvalue weighted by molar-refractivity contribution is 5.72. The van der Waals surface area contributed by atoms with Crippen molar-refractivity contribution >= 4 is 5.97 Å². The highest BCUT2D eigenvalue weighted by Gasteiger charge is 2.17. The van der Waals surface area contributed by atoms with E-state index in [1.165, 1.54) is 0 Å². The monoisotopic (exact) mass is 250 g/mol. The molecule has 0 amide bonds. The van der Waals surface area contributed by atoms with Crippen LogP contribution in [0.5, 0.6) is 11.5 Å². The molecule has 0 bridgehead atoms. The van der Waals surface area contributed by atoms with E-state index in [1.807, 2.05) is 32.0 Å². The number of carbonyl (C=O) groups excluding carboxylic acids is 1. The second kappa shape index (κ2) is 5.76. The zero-order chi connectivity index (χ0) is 13.0. The number of benzene rings is 1. The summed E-state index contributed by atoms with van der Waals surface area (Å²) in [5.41, 5.74) is 0.915. The van der Waals surface area contributed by atoms with Gasteiger partial charge in [-0.25, -0.2) is 0 Å². The smallest absolute Gasteiger partial charge is 0.309 e. The van der Waals surface area contributed by atoms with Crippen LogP contribution in [0.2, 0.25) is 0 Å². The second-order valence-corrected chi connectivity index (χ2v) is 4.31. The van der Waals surface area contributed by atoms with E-state index >= 15 is 0 Å². The first-order valence-corrected chi connectivity index (χ1v) is 6.29. The summed E-state index contributed by atoms with van der Waals surface area (Å²) in [6.45, 7) is 4.53. The number of hydrogen-bond acceptors (Lipinski definition) is 4. The highest BCUT2D eigenvalue weighted by atomic mass is 16.7. The molecule has 0 radical (unpaired) electrons. The van der Waals surface area contributed by atoms with Crippen LogP contribution in [0, 0.1) is 5.92 Å². The maximum Gasteiger partial charge on any atom is 0.309 e. The van der Waals surface area contributed by atoms with Crippen LogP contribution in [-0.2, 0) is 16.1 Å². The van der Waals surface area contributed by atoms with E-state index in [0.29, 0.717) is 5.75 Å². The first-order valence-electron chi connectivity index (χ1n) is 6.29.